The minimum atomic E-state index is -0.873. The van der Waals surface area contributed by atoms with Crippen molar-refractivity contribution in [3.63, 3.8) is 0 Å². The van der Waals surface area contributed by atoms with E-state index in [4.69, 9.17) is 9.47 Å². The Morgan fingerprint density at radius 2 is 1.66 bits per heavy atom. The summed E-state index contributed by atoms with van der Waals surface area (Å²) in [6.45, 7) is 2.62. The summed E-state index contributed by atoms with van der Waals surface area (Å²) in [7, 11) is 0. The van der Waals surface area contributed by atoms with E-state index in [-0.39, 0.29) is 37.9 Å². The molecule has 186 valence electrons. The van der Waals surface area contributed by atoms with Crippen LogP contribution in [0, 0.1) is 5.41 Å². The molecular weight excluding hydrogens is 448 g/mol. The zero-order valence-corrected chi connectivity index (χ0v) is 19.9. The van der Waals surface area contributed by atoms with Crippen LogP contribution in [0.15, 0.2) is 48.5 Å². The van der Waals surface area contributed by atoms with Gasteiger partial charge in [-0.05, 0) is 42.0 Å². The molecule has 0 bridgehead atoms. The molecule has 0 radical (unpaired) electrons. The molecule has 3 N–H and O–H groups in total. The number of fused-ring (bicyclic) bond motifs is 3. The SMILES string of the molecule is CCOC(CNC(=O)OCC1c2ccccc2-c2ccccc21)CC(=O)NCC1(C(=O)O)CCC1. The highest BCUT2D eigenvalue weighted by Gasteiger charge is 2.44. The second-order valence-corrected chi connectivity index (χ2v) is 9.20. The number of carboxylic acids is 1. The maximum atomic E-state index is 12.4. The minimum absolute atomic E-state index is 0.0210. The maximum absolute atomic E-state index is 12.4. The van der Waals surface area contributed by atoms with Gasteiger partial charge in [-0.2, -0.15) is 0 Å². The van der Waals surface area contributed by atoms with Crippen molar-refractivity contribution in [1.29, 1.82) is 0 Å². The number of rotatable bonds is 11. The largest absolute Gasteiger partial charge is 0.481 e. The van der Waals surface area contributed by atoms with Crippen LogP contribution in [-0.2, 0) is 19.1 Å². The van der Waals surface area contributed by atoms with Gasteiger partial charge in [0, 0.05) is 25.6 Å². The molecule has 4 rings (SSSR count). The molecule has 0 saturated heterocycles. The van der Waals surface area contributed by atoms with Gasteiger partial charge in [0.2, 0.25) is 5.91 Å². The summed E-state index contributed by atoms with van der Waals surface area (Å²) in [5.41, 5.74) is 3.74. The number of amides is 2. The van der Waals surface area contributed by atoms with Gasteiger partial charge in [0.05, 0.1) is 17.9 Å². The monoisotopic (exact) mass is 480 g/mol. The van der Waals surface area contributed by atoms with Crippen molar-refractivity contribution in [2.24, 2.45) is 5.41 Å². The van der Waals surface area contributed by atoms with Crippen molar-refractivity contribution in [2.75, 3.05) is 26.3 Å². The summed E-state index contributed by atoms with van der Waals surface area (Å²) >= 11 is 0. The average Bonchev–Trinajstić information content (AvgIpc) is 3.14. The average molecular weight is 481 g/mol. The van der Waals surface area contributed by atoms with Gasteiger partial charge in [-0.25, -0.2) is 4.79 Å². The Hall–Kier alpha value is -3.39. The van der Waals surface area contributed by atoms with Gasteiger partial charge in [-0.1, -0.05) is 55.0 Å². The first-order valence-electron chi connectivity index (χ1n) is 12.1. The van der Waals surface area contributed by atoms with Crippen LogP contribution in [0.4, 0.5) is 4.79 Å². The maximum Gasteiger partial charge on any atom is 0.407 e. The van der Waals surface area contributed by atoms with Crippen LogP contribution in [0.25, 0.3) is 11.1 Å². The molecule has 2 aromatic carbocycles. The van der Waals surface area contributed by atoms with Crippen molar-refractivity contribution in [3.8, 4) is 11.1 Å². The van der Waals surface area contributed by atoms with Crippen LogP contribution in [0.5, 0.6) is 0 Å². The van der Waals surface area contributed by atoms with Gasteiger partial charge in [0.25, 0.3) is 0 Å². The molecule has 1 saturated carbocycles. The van der Waals surface area contributed by atoms with Crippen LogP contribution in [0.1, 0.15) is 49.7 Å². The van der Waals surface area contributed by atoms with Crippen LogP contribution < -0.4 is 10.6 Å². The summed E-state index contributed by atoms with van der Waals surface area (Å²) in [5.74, 6) is -1.21. The van der Waals surface area contributed by atoms with Crippen LogP contribution in [-0.4, -0.2) is 55.5 Å². The molecule has 1 atom stereocenters. The second-order valence-electron chi connectivity index (χ2n) is 9.20. The Morgan fingerprint density at radius 1 is 1.03 bits per heavy atom. The minimum Gasteiger partial charge on any atom is -0.481 e. The molecule has 0 aromatic heterocycles. The first-order valence-corrected chi connectivity index (χ1v) is 12.1. The quantitative estimate of drug-likeness (QED) is 0.452. The van der Waals surface area contributed by atoms with Gasteiger partial charge in [0.15, 0.2) is 0 Å². The molecule has 0 aliphatic heterocycles. The highest BCUT2D eigenvalue weighted by molar-refractivity contribution is 5.80. The summed E-state index contributed by atoms with van der Waals surface area (Å²) in [6, 6.07) is 16.3. The van der Waals surface area contributed by atoms with E-state index in [1.54, 1.807) is 0 Å². The summed E-state index contributed by atoms with van der Waals surface area (Å²) in [5, 5.41) is 14.8. The van der Waals surface area contributed by atoms with Gasteiger partial charge >= 0.3 is 12.1 Å². The molecule has 8 heteroatoms. The normalized spacial score (nSPS) is 16.4. The number of aliphatic carboxylic acids is 1. The topological polar surface area (TPSA) is 114 Å². The summed E-state index contributed by atoms with van der Waals surface area (Å²) in [6.07, 6.45) is 0.904. The lowest BCUT2D eigenvalue weighted by molar-refractivity contribution is -0.154. The number of nitrogens with one attached hydrogen (secondary N) is 2. The zero-order valence-electron chi connectivity index (χ0n) is 19.9. The standard InChI is InChI=1S/C27H32N2O6/c1-2-34-18(14-24(30)29-17-27(25(31)32)12-7-13-27)15-28-26(33)35-16-23-21-10-5-3-8-19(21)20-9-4-6-11-22(20)23/h3-6,8-11,18,23H,2,7,12-17H2,1H3,(H,28,33)(H,29,30)(H,31,32). The van der Waals surface area contributed by atoms with Gasteiger partial charge in [-0.3, -0.25) is 9.59 Å². The van der Waals surface area contributed by atoms with Crippen LogP contribution >= 0.6 is 0 Å². The fourth-order valence-corrected chi connectivity index (χ4v) is 4.89. The van der Waals surface area contributed by atoms with Gasteiger partial charge in [0.1, 0.15) is 6.61 Å². The molecule has 2 aliphatic rings. The molecule has 0 spiro atoms. The van der Waals surface area contributed by atoms with Crippen molar-refractivity contribution >= 4 is 18.0 Å². The number of hydrogen-bond acceptors (Lipinski definition) is 5. The van der Waals surface area contributed by atoms with E-state index in [1.165, 1.54) is 0 Å². The predicted molar refractivity (Wildman–Crippen MR) is 130 cm³/mol. The van der Waals surface area contributed by atoms with Crippen molar-refractivity contribution in [3.05, 3.63) is 59.7 Å². The number of benzene rings is 2. The van der Waals surface area contributed by atoms with E-state index in [2.05, 4.69) is 34.9 Å². The van der Waals surface area contributed by atoms with E-state index in [0.29, 0.717) is 19.4 Å². The summed E-state index contributed by atoms with van der Waals surface area (Å²) in [4.78, 5) is 36.3. The Balaban J connectivity index is 1.26. The molecule has 1 unspecified atom stereocenters. The number of carbonyl (C=O) groups excluding carboxylic acids is 2. The Bertz CT molecular complexity index is 1040. The van der Waals surface area contributed by atoms with E-state index in [0.717, 1.165) is 28.7 Å². The van der Waals surface area contributed by atoms with E-state index >= 15 is 0 Å². The third kappa shape index (κ3) is 5.48. The number of alkyl carbamates (subject to hydrolysis) is 1. The number of carboxylic acid groups (broad SMARTS) is 1. The van der Waals surface area contributed by atoms with Crippen LogP contribution in [0.2, 0.25) is 0 Å². The first-order chi connectivity index (χ1) is 16.9. The number of ether oxygens (including phenoxy) is 2. The lowest BCUT2D eigenvalue weighted by Gasteiger charge is -2.37. The van der Waals surface area contributed by atoms with E-state index < -0.39 is 23.6 Å². The molecule has 2 amide bonds. The van der Waals surface area contributed by atoms with Crippen LogP contribution in [0.3, 0.4) is 0 Å². The van der Waals surface area contributed by atoms with E-state index in [9.17, 15) is 19.5 Å². The molecule has 1 fully saturated rings. The zero-order chi connectivity index (χ0) is 24.8. The fraction of sp³-hybridized carbons (Fsp3) is 0.444. The van der Waals surface area contributed by atoms with Crippen molar-refractivity contribution < 1.29 is 29.0 Å². The Labute approximate surface area is 205 Å². The Kier molecular flexibility index (Phi) is 7.70. The fourth-order valence-electron chi connectivity index (χ4n) is 4.89. The predicted octanol–water partition coefficient (Wildman–Crippen LogP) is 3.69. The molecule has 35 heavy (non-hydrogen) atoms. The molecule has 2 aliphatic carbocycles. The highest BCUT2D eigenvalue weighted by atomic mass is 16.5. The van der Waals surface area contributed by atoms with Gasteiger partial charge in [-0.15, -0.1) is 0 Å². The van der Waals surface area contributed by atoms with Crippen molar-refractivity contribution in [2.45, 2.75) is 44.6 Å². The van der Waals surface area contributed by atoms with Gasteiger partial charge < -0.3 is 25.2 Å². The Morgan fingerprint density at radius 3 is 2.20 bits per heavy atom. The summed E-state index contributed by atoms with van der Waals surface area (Å²) < 4.78 is 11.1. The number of hydrogen-bond donors (Lipinski definition) is 3. The lowest BCUT2D eigenvalue weighted by Crippen LogP contribution is -2.48. The lowest BCUT2D eigenvalue weighted by atomic mass is 9.69. The molecule has 2 aromatic rings. The molecule has 0 heterocycles. The molecular formula is C27H32N2O6. The smallest absolute Gasteiger partial charge is 0.407 e. The second kappa shape index (κ2) is 10.9. The van der Waals surface area contributed by atoms with Crippen molar-refractivity contribution in [1.82, 2.24) is 10.6 Å². The first kappa shape index (κ1) is 24.7. The third-order valence-electron chi connectivity index (χ3n) is 7.02. The van der Waals surface area contributed by atoms with E-state index in [1.807, 2.05) is 31.2 Å². The highest BCUT2D eigenvalue weighted by Crippen LogP contribution is 2.44. The molecule has 8 nitrogen and oxygen atoms in total. The third-order valence-corrected chi connectivity index (χ3v) is 7.02. The number of carbonyl (C=O) groups is 3.